The van der Waals surface area contributed by atoms with Crippen molar-refractivity contribution in [3.8, 4) is 5.75 Å². The van der Waals surface area contributed by atoms with E-state index in [1.807, 2.05) is 48.9 Å². The minimum Gasteiger partial charge on any atom is -0.508 e. The van der Waals surface area contributed by atoms with E-state index >= 15 is 0 Å². The molecule has 0 amide bonds. The molecule has 0 fully saturated rings. The number of nitrogens with one attached hydrogen (secondary N) is 2. The topological polar surface area (TPSA) is 77.1 Å². The van der Waals surface area contributed by atoms with Gasteiger partial charge in [0, 0.05) is 44.8 Å². The zero-order chi connectivity index (χ0) is 23.9. The molecule has 0 spiro atoms. The summed E-state index contributed by atoms with van der Waals surface area (Å²) in [7, 11) is 0. The van der Waals surface area contributed by atoms with Gasteiger partial charge in [-0.05, 0) is 65.6 Å². The molecule has 0 saturated heterocycles. The normalized spacial score (nSPS) is 15.3. The van der Waals surface area contributed by atoms with E-state index in [1.165, 1.54) is 16.7 Å². The Bertz CT molecular complexity index is 1190. The molecule has 0 bridgehead atoms. The first-order valence-corrected chi connectivity index (χ1v) is 12.4. The summed E-state index contributed by atoms with van der Waals surface area (Å²) in [6.45, 7) is 4.20. The fourth-order valence-corrected chi connectivity index (χ4v) is 5.00. The van der Waals surface area contributed by atoms with Crippen molar-refractivity contribution in [2.75, 3.05) is 6.54 Å². The SMILES string of the molecule is Oc1cccc2c1CC(CN(Cc1ccc(CNCc3ccccn3)cc1)Cc1ncc[nH]1)CC2. The van der Waals surface area contributed by atoms with Crippen molar-refractivity contribution in [2.45, 2.75) is 45.4 Å². The first-order valence-electron chi connectivity index (χ1n) is 12.4. The van der Waals surface area contributed by atoms with E-state index in [4.69, 9.17) is 0 Å². The van der Waals surface area contributed by atoms with Gasteiger partial charge in [0.2, 0.25) is 0 Å². The second-order valence-electron chi connectivity index (χ2n) is 9.47. The lowest BCUT2D eigenvalue weighted by Gasteiger charge is -2.31. The lowest BCUT2D eigenvalue weighted by Crippen LogP contribution is -2.32. The van der Waals surface area contributed by atoms with Crippen LogP contribution in [0.4, 0.5) is 0 Å². The third-order valence-corrected chi connectivity index (χ3v) is 6.80. The third-order valence-electron chi connectivity index (χ3n) is 6.80. The summed E-state index contributed by atoms with van der Waals surface area (Å²) in [4.78, 5) is 14.6. The lowest BCUT2D eigenvalue weighted by atomic mass is 9.83. The third kappa shape index (κ3) is 6.35. The maximum Gasteiger partial charge on any atom is 0.120 e. The number of imidazole rings is 1. The number of pyridine rings is 1. The number of aromatic amines is 1. The Morgan fingerprint density at radius 2 is 1.80 bits per heavy atom. The molecule has 2 aromatic heterocycles. The summed E-state index contributed by atoms with van der Waals surface area (Å²) in [5, 5.41) is 13.8. The minimum atomic E-state index is 0.442. The molecule has 35 heavy (non-hydrogen) atoms. The second-order valence-corrected chi connectivity index (χ2v) is 9.47. The van der Waals surface area contributed by atoms with Crippen LogP contribution in [0.3, 0.4) is 0 Å². The number of aromatic hydroxyl groups is 1. The van der Waals surface area contributed by atoms with Crippen molar-refractivity contribution in [3.63, 3.8) is 0 Å². The molecule has 6 heteroatoms. The van der Waals surface area contributed by atoms with E-state index in [9.17, 15) is 5.11 Å². The number of nitrogens with zero attached hydrogens (tertiary/aromatic N) is 3. The van der Waals surface area contributed by atoms with E-state index in [-0.39, 0.29) is 0 Å². The smallest absolute Gasteiger partial charge is 0.120 e. The van der Waals surface area contributed by atoms with E-state index in [0.717, 1.165) is 69.1 Å². The number of phenolic OH excluding ortho intramolecular Hbond substituents is 1. The van der Waals surface area contributed by atoms with Crippen LogP contribution in [0.1, 0.15) is 40.2 Å². The van der Waals surface area contributed by atoms with Crippen molar-refractivity contribution in [2.24, 2.45) is 5.92 Å². The van der Waals surface area contributed by atoms with Crippen molar-refractivity contribution >= 4 is 0 Å². The summed E-state index contributed by atoms with van der Waals surface area (Å²) >= 11 is 0. The first kappa shape index (κ1) is 23.3. The number of rotatable bonds is 10. The van der Waals surface area contributed by atoms with Gasteiger partial charge in [-0.25, -0.2) is 4.98 Å². The molecule has 1 aliphatic rings. The number of aryl methyl sites for hydroxylation is 1. The second kappa shape index (κ2) is 11.3. The van der Waals surface area contributed by atoms with Gasteiger partial charge in [-0.15, -0.1) is 0 Å². The maximum atomic E-state index is 10.4. The Morgan fingerprint density at radius 1 is 0.914 bits per heavy atom. The van der Waals surface area contributed by atoms with E-state index in [0.29, 0.717) is 11.7 Å². The van der Waals surface area contributed by atoms with Gasteiger partial charge in [-0.2, -0.15) is 0 Å². The zero-order valence-electron chi connectivity index (χ0n) is 20.0. The van der Waals surface area contributed by atoms with E-state index < -0.39 is 0 Å². The van der Waals surface area contributed by atoms with Gasteiger partial charge in [0.25, 0.3) is 0 Å². The molecule has 0 saturated carbocycles. The summed E-state index contributed by atoms with van der Waals surface area (Å²) in [5.41, 5.74) is 6.04. The number of phenols is 1. The lowest BCUT2D eigenvalue weighted by molar-refractivity contribution is 0.199. The quantitative estimate of drug-likeness (QED) is 0.318. The van der Waals surface area contributed by atoms with E-state index in [1.54, 1.807) is 0 Å². The van der Waals surface area contributed by atoms with Gasteiger partial charge in [0.1, 0.15) is 11.6 Å². The molecule has 5 rings (SSSR count). The highest BCUT2D eigenvalue weighted by atomic mass is 16.3. The number of benzene rings is 2. The fraction of sp³-hybridized carbons (Fsp3) is 0.310. The predicted molar refractivity (Wildman–Crippen MR) is 138 cm³/mol. The van der Waals surface area contributed by atoms with Gasteiger partial charge >= 0.3 is 0 Å². The van der Waals surface area contributed by atoms with E-state index in [2.05, 4.69) is 55.5 Å². The molecular weight excluding hydrogens is 434 g/mol. The molecule has 2 aromatic carbocycles. The van der Waals surface area contributed by atoms with Crippen LogP contribution < -0.4 is 5.32 Å². The summed E-state index contributed by atoms with van der Waals surface area (Å²) in [6, 6.07) is 20.8. The molecule has 1 aliphatic carbocycles. The number of H-pyrrole nitrogens is 1. The van der Waals surface area contributed by atoms with Crippen LogP contribution in [0.2, 0.25) is 0 Å². The standard InChI is InChI=1S/C29H33N5O/c35-28-6-3-4-25-12-11-24(16-27(25)28)20-34(21-29-32-14-15-33-29)19-23-9-7-22(8-10-23)17-30-18-26-5-1-2-13-31-26/h1-10,13-15,24,30,35H,11-12,16-21H2,(H,32,33). The monoisotopic (exact) mass is 467 g/mol. The Labute approximate surface area is 207 Å². The van der Waals surface area contributed by atoms with Crippen molar-refractivity contribution in [1.82, 2.24) is 25.2 Å². The minimum absolute atomic E-state index is 0.442. The molecule has 4 aromatic rings. The number of fused-ring (bicyclic) bond motifs is 1. The highest BCUT2D eigenvalue weighted by Crippen LogP contribution is 2.32. The Morgan fingerprint density at radius 3 is 2.60 bits per heavy atom. The zero-order valence-corrected chi connectivity index (χ0v) is 20.0. The molecule has 6 nitrogen and oxygen atoms in total. The molecule has 1 unspecified atom stereocenters. The van der Waals surface area contributed by atoms with Crippen LogP contribution in [0.15, 0.2) is 79.3 Å². The number of hydrogen-bond acceptors (Lipinski definition) is 5. The van der Waals surface area contributed by atoms with Crippen LogP contribution in [-0.4, -0.2) is 31.5 Å². The highest BCUT2D eigenvalue weighted by Gasteiger charge is 2.23. The Kier molecular flexibility index (Phi) is 7.51. The number of hydrogen-bond donors (Lipinski definition) is 3. The van der Waals surface area contributed by atoms with Crippen LogP contribution in [0.25, 0.3) is 0 Å². The molecule has 0 aliphatic heterocycles. The van der Waals surface area contributed by atoms with Crippen LogP contribution in [-0.2, 0) is 39.0 Å². The molecular formula is C29H33N5O. The van der Waals surface area contributed by atoms with Gasteiger partial charge < -0.3 is 15.4 Å². The molecule has 0 radical (unpaired) electrons. The average Bonchev–Trinajstić information content (AvgIpc) is 3.39. The molecule has 1 atom stereocenters. The highest BCUT2D eigenvalue weighted by molar-refractivity contribution is 5.41. The van der Waals surface area contributed by atoms with Crippen molar-refractivity contribution in [1.29, 1.82) is 0 Å². The van der Waals surface area contributed by atoms with Crippen molar-refractivity contribution in [3.05, 3.63) is 113 Å². The molecule has 180 valence electrons. The Hall–Kier alpha value is -3.48. The van der Waals surface area contributed by atoms with Crippen LogP contribution in [0.5, 0.6) is 5.75 Å². The number of aromatic nitrogens is 3. The molecule has 2 heterocycles. The van der Waals surface area contributed by atoms with Crippen LogP contribution in [0, 0.1) is 5.92 Å². The predicted octanol–water partition coefficient (Wildman–Crippen LogP) is 4.61. The Balaban J connectivity index is 1.20. The average molecular weight is 468 g/mol. The van der Waals surface area contributed by atoms with Crippen LogP contribution >= 0.6 is 0 Å². The first-order chi connectivity index (χ1) is 17.2. The molecule has 3 N–H and O–H groups in total. The van der Waals surface area contributed by atoms with Crippen molar-refractivity contribution < 1.29 is 5.11 Å². The van der Waals surface area contributed by atoms with Gasteiger partial charge in [0.05, 0.1) is 12.2 Å². The largest absolute Gasteiger partial charge is 0.508 e. The summed E-state index contributed by atoms with van der Waals surface area (Å²) in [5.74, 6) is 1.94. The maximum absolute atomic E-state index is 10.4. The summed E-state index contributed by atoms with van der Waals surface area (Å²) in [6.07, 6.45) is 8.63. The fourth-order valence-electron chi connectivity index (χ4n) is 5.00. The van der Waals surface area contributed by atoms with Gasteiger partial charge in [-0.3, -0.25) is 9.88 Å². The summed E-state index contributed by atoms with van der Waals surface area (Å²) < 4.78 is 0. The van der Waals surface area contributed by atoms with Gasteiger partial charge in [-0.1, -0.05) is 42.5 Å². The van der Waals surface area contributed by atoms with Gasteiger partial charge in [0.15, 0.2) is 0 Å².